The Morgan fingerprint density at radius 2 is 1.54 bits per heavy atom. The lowest BCUT2D eigenvalue weighted by Crippen LogP contribution is -2.52. The van der Waals surface area contributed by atoms with Gasteiger partial charge in [0.05, 0.1) is 6.61 Å². The lowest BCUT2D eigenvalue weighted by molar-refractivity contribution is -0.147. The van der Waals surface area contributed by atoms with Crippen LogP contribution in [0.5, 0.6) is 0 Å². The molecule has 0 bridgehead atoms. The van der Waals surface area contributed by atoms with Gasteiger partial charge >= 0.3 is 5.97 Å². The Balaban J connectivity index is 3.10. The van der Waals surface area contributed by atoms with Gasteiger partial charge in [-0.1, -0.05) is 47.6 Å². The molecule has 0 aromatic rings. The Morgan fingerprint density at radius 3 is 1.92 bits per heavy atom. The zero-order chi connectivity index (χ0) is 20.8. The number of hydrogen-bond donors (Lipinski definition) is 0. The van der Waals surface area contributed by atoms with Crippen LogP contribution in [-0.2, 0) is 18.4 Å². The average Bonchev–Trinajstić information content (AvgIpc) is 2.67. The minimum absolute atomic E-state index is 0.0472. The molecular formula is C20H40O4Si2. The van der Waals surface area contributed by atoms with Gasteiger partial charge in [-0.15, -0.1) is 6.58 Å². The number of carbonyl (C=O) groups excluding carboxylic acids is 1. The fourth-order valence-electron chi connectivity index (χ4n) is 2.35. The van der Waals surface area contributed by atoms with Crippen molar-refractivity contribution >= 4 is 22.6 Å². The van der Waals surface area contributed by atoms with E-state index in [9.17, 15) is 4.79 Å². The number of cyclic esters (lactones) is 1. The summed E-state index contributed by atoms with van der Waals surface area (Å²) >= 11 is 0. The van der Waals surface area contributed by atoms with Gasteiger partial charge in [0.2, 0.25) is 0 Å². The topological polar surface area (TPSA) is 44.8 Å². The van der Waals surface area contributed by atoms with Crippen molar-refractivity contribution in [1.82, 2.24) is 0 Å². The molecule has 1 heterocycles. The first-order valence-electron chi connectivity index (χ1n) is 9.55. The zero-order valence-electron chi connectivity index (χ0n) is 18.8. The van der Waals surface area contributed by atoms with Crippen molar-refractivity contribution in [2.45, 2.75) is 96.9 Å². The Labute approximate surface area is 162 Å². The molecule has 0 N–H and O–H groups in total. The fraction of sp³-hybridized carbons (Fsp3) is 0.850. The third-order valence-electron chi connectivity index (χ3n) is 6.69. The highest BCUT2D eigenvalue weighted by atomic mass is 28.4. The summed E-state index contributed by atoms with van der Waals surface area (Å²) in [5.41, 5.74) is -0.836. The van der Waals surface area contributed by atoms with Crippen molar-refractivity contribution < 1.29 is 18.4 Å². The van der Waals surface area contributed by atoms with Crippen molar-refractivity contribution in [3.05, 3.63) is 12.7 Å². The predicted octanol–water partition coefficient (Wildman–Crippen LogP) is 5.52. The maximum absolute atomic E-state index is 12.6. The quantitative estimate of drug-likeness (QED) is 0.335. The van der Waals surface area contributed by atoms with E-state index in [1.165, 1.54) is 0 Å². The van der Waals surface area contributed by atoms with E-state index in [2.05, 4.69) is 74.3 Å². The van der Waals surface area contributed by atoms with Crippen LogP contribution in [-0.4, -0.2) is 41.4 Å². The second-order valence-corrected chi connectivity index (χ2v) is 20.4. The van der Waals surface area contributed by atoms with Gasteiger partial charge in [0, 0.05) is 0 Å². The Hall–Kier alpha value is -0.436. The summed E-state index contributed by atoms with van der Waals surface area (Å²) in [5, 5.41) is 0.151. The van der Waals surface area contributed by atoms with Crippen molar-refractivity contribution in [3.63, 3.8) is 0 Å². The number of ether oxygens (including phenoxy) is 1. The maximum atomic E-state index is 12.6. The van der Waals surface area contributed by atoms with Gasteiger partial charge < -0.3 is 13.6 Å². The molecule has 3 atom stereocenters. The van der Waals surface area contributed by atoms with Gasteiger partial charge in [-0.25, -0.2) is 0 Å². The average molecular weight is 401 g/mol. The Morgan fingerprint density at radius 1 is 1.08 bits per heavy atom. The van der Waals surface area contributed by atoms with Crippen molar-refractivity contribution in [3.8, 4) is 0 Å². The van der Waals surface area contributed by atoms with E-state index in [-0.39, 0.29) is 22.1 Å². The summed E-state index contributed by atoms with van der Waals surface area (Å²) < 4.78 is 18.7. The third-order valence-corrected chi connectivity index (χ3v) is 15.6. The molecule has 4 nitrogen and oxygen atoms in total. The predicted molar refractivity (Wildman–Crippen MR) is 113 cm³/mol. The van der Waals surface area contributed by atoms with Crippen LogP contribution in [0.15, 0.2) is 12.7 Å². The monoisotopic (exact) mass is 400 g/mol. The largest absolute Gasteiger partial charge is 0.456 e. The molecule has 0 saturated carbocycles. The van der Waals surface area contributed by atoms with Crippen LogP contribution in [0.25, 0.3) is 0 Å². The fourth-order valence-corrected chi connectivity index (χ4v) is 4.75. The van der Waals surface area contributed by atoms with Crippen molar-refractivity contribution in [2.75, 3.05) is 6.61 Å². The van der Waals surface area contributed by atoms with Gasteiger partial charge in [-0.05, 0) is 43.2 Å². The minimum Gasteiger partial charge on any atom is -0.456 e. The van der Waals surface area contributed by atoms with E-state index in [1.807, 2.05) is 6.92 Å². The van der Waals surface area contributed by atoms with Crippen LogP contribution in [0, 0.1) is 5.41 Å². The minimum atomic E-state index is -2.08. The summed E-state index contributed by atoms with van der Waals surface area (Å²) in [4.78, 5) is 12.6. The highest BCUT2D eigenvalue weighted by Gasteiger charge is 2.56. The molecule has 6 heteroatoms. The van der Waals surface area contributed by atoms with E-state index in [4.69, 9.17) is 13.6 Å². The van der Waals surface area contributed by atoms with Crippen LogP contribution in [0.3, 0.4) is 0 Å². The van der Waals surface area contributed by atoms with Crippen molar-refractivity contribution in [1.29, 1.82) is 0 Å². The van der Waals surface area contributed by atoms with Crippen LogP contribution < -0.4 is 0 Å². The lowest BCUT2D eigenvalue weighted by Gasteiger charge is -2.42. The summed E-state index contributed by atoms with van der Waals surface area (Å²) in [5.74, 6) is -0.264. The molecule has 26 heavy (non-hydrogen) atoms. The Kier molecular flexibility index (Phi) is 6.52. The Bertz CT molecular complexity index is 543. The van der Waals surface area contributed by atoms with Gasteiger partial charge in [-0.2, -0.15) is 0 Å². The van der Waals surface area contributed by atoms with Crippen LogP contribution in [0.4, 0.5) is 0 Å². The van der Waals surface area contributed by atoms with Crippen LogP contribution >= 0.6 is 0 Å². The summed E-state index contributed by atoms with van der Waals surface area (Å²) in [7, 11) is -4.02. The van der Waals surface area contributed by atoms with E-state index in [0.717, 1.165) is 0 Å². The first-order chi connectivity index (χ1) is 11.4. The van der Waals surface area contributed by atoms with E-state index in [1.54, 1.807) is 6.08 Å². The van der Waals surface area contributed by atoms with Gasteiger partial charge in [-0.3, -0.25) is 4.79 Å². The molecule has 1 aliphatic heterocycles. The van der Waals surface area contributed by atoms with Gasteiger partial charge in [0.25, 0.3) is 0 Å². The van der Waals surface area contributed by atoms with E-state index in [0.29, 0.717) is 6.61 Å². The number of esters is 1. The van der Waals surface area contributed by atoms with E-state index < -0.39 is 28.2 Å². The summed E-state index contributed by atoms with van der Waals surface area (Å²) in [6, 6.07) is 0. The molecule has 0 aliphatic carbocycles. The van der Waals surface area contributed by atoms with E-state index >= 15 is 0 Å². The normalized spacial score (nSPS) is 28.2. The van der Waals surface area contributed by atoms with Gasteiger partial charge in [0.1, 0.15) is 17.6 Å². The number of hydrogen-bond acceptors (Lipinski definition) is 4. The molecule has 1 rings (SSSR count). The lowest BCUT2D eigenvalue weighted by atomic mass is 9.84. The maximum Gasteiger partial charge on any atom is 0.318 e. The third kappa shape index (κ3) is 4.51. The molecule has 1 unspecified atom stereocenters. The number of rotatable bonds is 6. The molecule has 1 fully saturated rings. The molecule has 0 aromatic carbocycles. The second kappa shape index (κ2) is 7.19. The summed E-state index contributed by atoms with van der Waals surface area (Å²) in [6.07, 6.45) is 0.923. The standard InChI is InChI=1S/C20H40O4Si2/c1-13-20(8)16(24-26(11,12)19(5,6)7)15(23-17(20)21)14-22-25(9,10)18(2,3)4/h13,15-16H,1,14H2,2-12H3/t15-,16?,20-/m1/s1. The summed E-state index contributed by atoms with van der Waals surface area (Å²) in [6.45, 7) is 28.2. The number of carbonyl (C=O) groups is 1. The molecule has 0 amide bonds. The van der Waals surface area contributed by atoms with Gasteiger partial charge in [0.15, 0.2) is 16.6 Å². The molecule has 0 aromatic heterocycles. The van der Waals surface area contributed by atoms with Crippen LogP contribution in [0.1, 0.15) is 48.5 Å². The zero-order valence-corrected chi connectivity index (χ0v) is 20.8. The molecule has 1 saturated heterocycles. The highest BCUT2D eigenvalue weighted by molar-refractivity contribution is 6.74. The smallest absolute Gasteiger partial charge is 0.318 e. The molecule has 0 spiro atoms. The SMILES string of the molecule is C=C[C@@]1(C)C(=O)O[C@H](CO[Si](C)(C)C(C)(C)C)C1O[Si](C)(C)C(C)(C)C. The molecule has 0 radical (unpaired) electrons. The molecule has 1 aliphatic rings. The molecule has 152 valence electrons. The second-order valence-electron chi connectivity index (χ2n) is 10.8. The van der Waals surface area contributed by atoms with Crippen LogP contribution in [0.2, 0.25) is 36.3 Å². The van der Waals surface area contributed by atoms with Crippen molar-refractivity contribution in [2.24, 2.45) is 5.41 Å². The first-order valence-corrected chi connectivity index (χ1v) is 15.4. The molecular weight excluding hydrogens is 360 g/mol. The highest BCUT2D eigenvalue weighted by Crippen LogP contribution is 2.45. The first kappa shape index (κ1) is 23.6.